The Balaban J connectivity index is 1.71. The molecular weight excluding hydrogens is 278 g/mol. The van der Waals surface area contributed by atoms with E-state index in [0.717, 1.165) is 45.1 Å². The fraction of sp³-hybridized carbons (Fsp3) is 0.588. The van der Waals surface area contributed by atoms with Crippen molar-refractivity contribution in [2.45, 2.75) is 13.0 Å². The molecule has 0 spiro atoms. The van der Waals surface area contributed by atoms with Gasteiger partial charge >= 0.3 is 0 Å². The number of nitriles is 1. The van der Waals surface area contributed by atoms with Gasteiger partial charge in [0.05, 0.1) is 18.2 Å². The highest BCUT2D eigenvalue weighted by Crippen LogP contribution is 2.13. The van der Waals surface area contributed by atoms with Gasteiger partial charge in [-0.05, 0) is 25.1 Å². The van der Waals surface area contributed by atoms with E-state index in [0.29, 0.717) is 18.2 Å². The van der Waals surface area contributed by atoms with E-state index in [1.54, 1.807) is 19.2 Å². The van der Waals surface area contributed by atoms with E-state index in [-0.39, 0.29) is 0 Å². The number of hydrogen-bond acceptors (Lipinski definition) is 5. The third-order valence-corrected chi connectivity index (χ3v) is 4.07. The van der Waals surface area contributed by atoms with Crippen LogP contribution in [0.4, 0.5) is 0 Å². The SMILES string of the molecule is COCCN1CCN(CCOc2cccc(C#N)c2)CC1C. The zero-order valence-electron chi connectivity index (χ0n) is 13.5. The summed E-state index contributed by atoms with van der Waals surface area (Å²) in [6.07, 6.45) is 0. The van der Waals surface area contributed by atoms with Crippen LogP contribution < -0.4 is 4.74 Å². The monoisotopic (exact) mass is 303 g/mol. The van der Waals surface area contributed by atoms with Crippen LogP contribution in [-0.4, -0.2) is 68.9 Å². The van der Waals surface area contributed by atoms with E-state index in [2.05, 4.69) is 22.8 Å². The lowest BCUT2D eigenvalue weighted by Gasteiger charge is -2.39. The second kappa shape index (κ2) is 8.74. The van der Waals surface area contributed by atoms with Gasteiger partial charge in [-0.1, -0.05) is 6.07 Å². The summed E-state index contributed by atoms with van der Waals surface area (Å²) in [5.41, 5.74) is 0.637. The lowest BCUT2D eigenvalue weighted by molar-refractivity contribution is 0.0531. The maximum absolute atomic E-state index is 8.88. The molecule has 5 nitrogen and oxygen atoms in total. The Bertz CT molecular complexity index is 501. The smallest absolute Gasteiger partial charge is 0.120 e. The van der Waals surface area contributed by atoms with Gasteiger partial charge in [0.1, 0.15) is 12.4 Å². The van der Waals surface area contributed by atoms with E-state index in [1.807, 2.05) is 12.1 Å². The van der Waals surface area contributed by atoms with Gasteiger partial charge in [-0.3, -0.25) is 9.80 Å². The van der Waals surface area contributed by atoms with E-state index in [9.17, 15) is 0 Å². The molecular formula is C17H25N3O2. The molecule has 1 aromatic carbocycles. The molecule has 0 aromatic heterocycles. The van der Waals surface area contributed by atoms with Gasteiger partial charge in [0.2, 0.25) is 0 Å². The van der Waals surface area contributed by atoms with Gasteiger partial charge in [0.25, 0.3) is 0 Å². The number of methoxy groups -OCH3 is 1. The molecule has 120 valence electrons. The summed E-state index contributed by atoms with van der Waals surface area (Å²) in [6.45, 7) is 8.83. The van der Waals surface area contributed by atoms with Crippen LogP contribution in [0.25, 0.3) is 0 Å². The van der Waals surface area contributed by atoms with Crippen molar-refractivity contribution in [3.05, 3.63) is 29.8 Å². The van der Waals surface area contributed by atoms with Gasteiger partial charge in [0, 0.05) is 45.9 Å². The molecule has 0 aliphatic carbocycles. The van der Waals surface area contributed by atoms with Gasteiger partial charge in [-0.2, -0.15) is 5.26 Å². The van der Waals surface area contributed by atoms with Gasteiger partial charge in [-0.15, -0.1) is 0 Å². The van der Waals surface area contributed by atoms with Crippen LogP contribution >= 0.6 is 0 Å². The summed E-state index contributed by atoms with van der Waals surface area (Å²) in [4.78, 5) is 4.90. The summed E-state index contributed by atoms with van der Waals surface area (Å²) < 4.78 is 10.9. The van der Waals surface area contributed by atoms with Gasteiger partial charge in [-0.25, -0.2) is 0 Å². The lowest BCUT2D eigenvalue weighted by Crippen LogP contribution is -2.53. The predicted molar refractivity (Wildman–Crippen MR) is 86.0 cm³/mol. The number of piperazine rings is 1. The highest BCUT2D eigenvalue weighted by molar-refractivity contribution is 5.36. The van der Waals surface area contributed by atoms with E-state index in [4.69, 9.17) is 14.7 Å². The first-order chi connectivity index (χ1) is 10.7. The number of hydrogen-bond donors (Lipinski definition) is 0. The molecule has 1 aliphatic rings. The summed E-state index contributed by atoms with van der Waals surface area (Å²) in [7, 11) is 1.75. The van der Waals surface area contributed by atoms with Crippen LogP contribution in [0.15, 0.2) is 24.3 Å². The van der Waals surface area contributed by atoms with Crippen molar-refractivity contribution in [3.8, 4) is 11.8 Å². The van der Waals surface area contributed by atoms with Crippen LogP contribution in [0.3, 0.4) is 0 Å². The van der Waals surface area contributed by atoms with Crippen molar-refractivity contribution in [1.29, 1.82) is 5.26 Å². The van der Waals surface area contributed by atoms with Crippen molar-refractivity contribution in [2.24, 2.45) is 0 Å². The molecule has 5 heteroatoms. The number of nitrogens with zero attached hydrogens (tertiary/aromatic N) is 3. The Hall–Kier alpha value is -1.61. The van der Waals surface area contributed by atoms with Gasteiger partial charge < -0.3 is 9.47 Å². The second-order valence-electron chi connectivity index (χ2n) is 5.67. The molecule has 1 heterocycles. The summed E-state index contributed by atoms with van der Waals surface area (Å²) in [6, 6.07) is 9.99. The molecule has 0 N–H and O–H groups in total. The van der Waals surface area contributed by atoms with Crippen LogP contribution in [0.2, 0.25) is 0 Å². The maximum atomic E-state index is 8.88. The predicted octanol–water partition coefficient (Wildman–Crippen LogP) is 1.59. The third-order valence-electron chi connectivity index (χ3n) is 4.07. The molecule has 22 heavy (non-hydrogen) atoms. The first-order valence-electron chi connectivity index (χ1n) is 7.81. The first-order valence-corrected chi connectivity index (χ1v) is 7.81. The van der Waals surface area contributed by atoms with Crippen LogP contribution in [0.5, 0.6) is 5.75 Å². The van der Waals surface area contributed by atoms with Crippen LogP contribution in [-0.2, 0) is 4.74 Å². The largest absolute Gasteiger partial charge is 0.492 e. The average molecular weight is 303 g/mol. The Labute approximate surface area is 133 Å². The van der Waals surface area contributed by atoms with E-state index in [1.165, 1.54) is 0 Å². The number of benzene rings is 1. The Morgan fingerprint density at radius 1 is 1.27 bits per heavy atom. The summed E-state index contributed by atoms with van der Waals surface area (Å²) >= 11 is 0. The molecule has 1 atom stereocenters. The lowest BCUT2D eigenvalue weighted by atomic mass is 10.2. The fourth-order valence-electron chi connectivity index (χ4n) is 2.76. The Kier molecular flexibility index (Phi) is 6.66. The maximum Gasteiger partial charge on any atom is 0.120 e. The second-order valence-corrected chi connectivity index (χ2v) is 5.67. The molecule has 0 amide bonds. The summed E-state index contributed by atoms with van der Waals surface area (Å²) in [5, 5.41) is 8.88. The van der Waals surface area contributed by atoms with Crippen molar-refractivity contribution >= 4 is 0 Å². The molecule has 1 unspecified atom stereocenters. The Morgan fingerprint density at radius 3 is 2.86 bits per heavy atom. The van der Waals surface area contributed by atoms with Crippen molar-refractivity contribution < 1.29 is 9.47 Å². The molecule has 1 aromatic rings. The minimum absolute atomic E-state index is 0.547. The molecule has 1 fully saturated rings. The molecule has 0 bridgehead atoms. The quantitative estimate of drug-likeness (QED) is 0.765. The molecule has 1 saturated heterocycles. The molecule has 1 aliphatic heterocycles. The zero-order valence-corrected chi connectivity index (χ0v) is 13.5. The van der Waals surface area contributed by atoms with Crippen LogP contribution in [0, 0.1) is 11.3 Å². The fourth-order valence-corrected chi connectivity index (χ4v) is 2.76. The Morgan fingerprint density at radius 2 is 2.14 bits per heavy atom. The molecule has 2 rings (SSSR count). The number of rotatable bonds is 7. The average Bonchev–Trinajstić information content (AvgIpc) is 2.54. The highest BCUT2D eigenvalue weighted by atomic mass is 16.5. The highest BCUT2D eigenvalue weighted by Gasteiger charge is 2.22. The molecule has 0 radical (unpaired) electrons. The molecule has 0 saturated carbocycles. The normalized spacial score (nSPS) is 19.8. The first kappa shape index (κ1) is 16.8. The van der Waals surface area contributed by atoms with Crippen molar-refractivity contribution in [3.63, 3.8) is 0 Å². The van der Waals surface area contributed by atoms with Crippen molar-refractivity contribution in [2.75, 3.05) is 53.0 Å². The van der Waals surface area contributed by atoms with Gasteiger partial charge in [0.15, 0.2) is 0 Å². The topological polar surface area (TPSA) is 48.7 Å². The minimum Gasteiger partial charge on any atom is -0.492 e. The zero-order chi connectivity index (χ0) is 15.8. The van der Waals surface area contributed by atoms with E-state index >= 15 is 0 Å². The third kappa shape index (κ3) is 4.99. The van der Waals surface area contributed by atoms with E-state index < -0.39 is 0 Å². The standard InChI is InChI=1S/C17H25N3O2/c1-15-14-19(6-7-20(15)9-10-21-2)8-11-22-17-5-3-4-16(12-17)13-18/h3-5,12,15H,6-11,14H2,1-2H3. The van der Waals surface area contributed by atoms with Crippen molar-refractivity contribution in [1.82, 2.24) is 9.80 Å². The minimum atomic E-state index is 0.547. The summed E-state index contributed by atoms with van der Waals surface area (Å²) in [5.74, 6) is 0.769. The number of ether oxygens (including phenoxy) is 2. The van der Waals surface area contributed by atoms with Crippen LogP contribution in [0.1, 0.15) is 12.5 Å².